The molecule has 3 heteroatoms. The first-order chi connectivity index (χ1) is 25.2. The third-order valence-electron chi connectivity index (χ3n) is 9.95. The molecule has 0 amide bonds. The predicted octanol–water partition coefficient (Wildman–Crippen LogP) is 13.6. The maximum absolute atomic E-state index is 6.47. The van der Waals surface area contributed by atoms with Crippen LogP contribution in [-0.2, 0) is 0 Å². The zero-order chi connectivity index (χ0) is 33.7. The van der Waals surface area contributed by atoms with Gasteiger partial charge in [0.05, 0.1) is 5.52 Å². The van der Waals surface area contributed by atoms with Gasteiger partial charge in [0.25, 0.3) is 0 Å². The molecule has 4 bridgehead atoms. The Kier molecular flexibility index (Phi) is 6.81. The van der Waals surface area contributed by atoms with Crippen LogP contribution in [0.15, 0.2) is 199 Å². The molecule has 1 heterocycles. The Bertz CT molecular complexity index is 2910. The van der Waals surface area contributed by atoms with Crippen molar-refractivity contribution in [3.05, 3.63) is 194 Å². The molecule has 3 nitrogen and oxygen atoms in total. The van der Waals surface area contributed by atoms with Crippen LogP contribution in [0.1, 0.15) is 0 Å². The fourth-order valence-electron chi connectivity index (χ4n) is 7.53. The molecule has 0 spiro atoms. The van der Waals surface area contributed by atoms with Crippen molar-refractivity contribution in [3.8, 4) is 5.69 Å². The number of hydrogen-bond acceptors (Lipinski definition) is 2. The Morgan fingerprint density at radius 1 is 0.353 bits per heavy atom. The van der Waals surface area contributed by atoms with E-state index >= 15 is 0 Å². The highest BCUT2D eigenvalue weighted by molar-refractivity contribution is 6.12. The van der Waals surface area contributed by atoms with E-state index in [2.05, 4.69) is 198 Å². The summed E-state index contributed by atoms with van der Waals surface area (Å²) in [5.41, 5.74) is 8.09. The second-order valence-corrected chi connectivity index (χ2v) is 13.1. The Morgan fingerprint density at radius 2 is 0.922 bits per heavy atom. The first-order valence-corrected chi connectivity index (χ1v) is 17.3. The van der Waals surface area contributed by atoms with Crippen LogP contribution >= 0.6 is 0 Å². The Labute approximate surface area is 295 Å². The Balaban J connectivity index is 1.22. The number of nitrogens with zero attached hydrogens (tertiary/aromatic N) is 2. The van der Waals surface area contributed by atoms with Crippen molar-refractivity contribution < 1.29 is 4.42 Å². The average molecular weight is 653 g/mol. The largest absolute Gasteiger partial charge is 0.457 e. The molecule has 1 aromatic heterocycles. The smallest absolute Gasteiger partial charge is 0.129 e. The normalized spacial score (nSPS) is 11.5. The SMILES string of the molecule is c1ccc2cc(N(c3ccc(-n4c5cccc(c5)oc5ccc6cccc(c6c5)c5ccccc54)cc3)c3ccc4ccccc4c3)ccc2c1. The number of rotatable bonds is 4. The summed E-state index contributed by atoms with van der Waals surface area (Å²) in [5.74, 6) is 0. The van der Waals surface area contributed by atoms with Gasteiger partial charge in [-0.25, -0.2) is 0 Å². The van der Waals surface area contributed by atoms with E-state index in [0.717, 1.165) is 55.7 Å². The molecule has 51 heavy (non-hydrogen) atoms. The highest BCUT2D eigenvalue weighted by Gasteiger charge is 2.15. The zero-order valence-corrected chi connectivity index (χ0v) is 27.8. The van der Waals surface area contributed by atoms with E-state index in [-0.39, 0.29) is 0 Å². The van der Waals surface area contributed by atoms with Gasteiger partial charge in [-0.1, -0.05) is 109 Å². The van der Waals surface area contributed by atoms with Crippen LogP contribution in [0.25, 0.3) is 71.0 Å². The van der Waals surface area contributed by atoms with Crippen molar-refractivity contribution in [1.29, 1.82) is 0 Å². The van der Waals surface area contributed by atoms with E-state index < -0.39 is 0 Å². The lowest BCUT2D eigenvalue weighted by Crippen LogP contribution is -2.10. The summed E-state index contributed by atoms with van der Waals surface area (Å²) < 4.78 is 8.81. The molecule has 0 saturated heterocycles. The lowest BCUT2D eigenvalue weighted by Gasteiger charge is -2.26. The second kappa shape index (κ2) is 11.9. The van der Waals surface area contributed by atoms with Gasteiger partial charge in [0, 0.05) is 39.7 Å². The van der Waals surface area contributed by atoms with Gasteiger partial charge in [-0.05, 0) is 117 Å². The van der Waals surface area contributed by atoms with Crippen LogP contribution in [0, 0.1) is 0 Å². The lowest BCUT2D eigenvalue weighted by molar-refractivity contribution is 0.656. The number of hydrogen-bond donors (Lipinski definition) is 0. The minimum atomic E-state index is 0.795. The van der Waals surface area contributed by atoms with Crippen molar-refractivity contribution in [3.63, 3.8) is 0 Å². The number of anilines is 3. The summed E-state index contributed by atoms with van der Waals surface area (Å²) in [4.78, 5) is 2.35. The Hall–Kier alpha value is -6.84. The van der Waals surface area contributed by atoms with Crippen LogP contribution < -0.4 is 4.90 Å². The van der Waals surface area contributed by atoms with E-state index in [4.69, 9.17) is 4.42 Å². The molecular formula is C48H32N2O. The minimum absolute atomic E-state index is 0.795. The summed E-state index contributed by atoms with van der Waals surface area (Å²) in [6.07, 6.45) is 0. The van der Waals surface area contributed by atoms with E-state index in [9.17, 15) is 0 Å². The van der Waals surface area contributed by atoms with Gasteiger partial charge in [0.2, 0.25) is 0 Å². The highest BCUT2D eigenvalue weighted by Crippen LogP contribution is 2.38. The van der Waals surface area contributed by atoms with Gasteiger partial charge >= 0.3 is 0 Å². The fourth-order valence-corrected chi connectivity index (χ4v) is 7.53. The first-order valence-electron chi connectivity index (χ1n) is 17.3. The molecule has 240 valence electrons. The second-order valence-electron chi connectivity index (χ2n) is 13.1. The van der Waals surface area contributed by atoms with Crippen LogP contribution in [-0.4, -0.2) is 4.57 Å². The molecule has 0 fully saturated rings. The quantitative estimate of drug-likeness (QED) is 0.189. The molecule has 0 saturated carbocycles. The molecule has 0 unspecified atom stereocenters. The van der Waals surface area contributed by atoms with Crippen molar-refractivity contribution in [1.82, 2.24) is 4.57 Å². The molecule has 0 aliphatic heterocycles. The average Bonchev–Trinajstić information content (AvgIpc) is 3.20. The number of para-hydroxylation sites is 1. The van der Waals surface area contributed by atoms with Crippen LogP contribution in [0.5, 0.6) is 0 Å². The van der Waals surface area contributed by atoms with Crippen molar-refractivity contribution in [2.24, 2.45) is 0 Å². The maximum Gasteiger partial charge on any atom is 0.129 e. The zero-order valence-electron chi connectivity index (χ0n) is 27.8. The highest BCUT2D eigenvalue weighted by atomic mass is 16.3. The van der Waals surface area contributed by atoms with Gasteiger partial charge < -0.3 is 13.9 Å². The maximum atomic E-state index is 6.47. The summed E-state index contributed by atoms with van der Waals surface area (Å²) in [6.45, 7) is 0. The van der Waals surface area contributed by atoms with E-state index in [1.807, 2.05) is 6.07 Å². The van der Waals surface area contributed by atoms with Crippen LogP contribution in [0.4, 0.5) is 17.1 Å². The van der Waals surface area contributed by atoms with E-state index in [1.165, 1.54) is 32.3 Å². The summed E-state index contributed by atoms with van der Waals surface area (Å²) in [6, 6.07) is 69.4. The molecule has 10 aromatic rings. The minimum Gasteiger partial charge on any atom is -0.457 e. The van der Waals surface area contributed by atoms with E-state index in [1.54, 1.807) is 0 Å². The molecule has 0 atom stereocenters. The molecular weight excluding hydrogens is 621 g/mol. The van der Waals surface area contributed by atoms with Gasteiger partial charge in [0.15, 0.2) is 0 Å². The van der Waals surface area contributed by atoms with E-state index in [0.29, 0.717) is 0 Å². The standard InChI is InChI=1S/C48H32N2O/c1-3-11-36-29-41(22-19-33(36)9-1)49(42-23-20-34-10-2-4-12-37(34)30-42)38-24-26-39(27-25-38)50-40-14-8-15-43(31-40)51-44-28-21-35-13-7-17-45(47(35)32-44)46-16-5-6-18-48(46)50/h1-32H. The van der Waals surface area contributed by atoms with Gasteiger partial charge in [-0.15, -0.1) is 0 Å². The van der Waals surface area contributed by atoms with Crippen molar-refractivity contribution in [2.45, 2.75) is 0 Å². The topological polar surface area (TPSA) is 21.3 Å². The number of aromatic nitrogens is 1. The van der Waals surface area contributed by atoms with Gasteiger partial charge in [0.1, 0.15) is 11.2 Å². The monoisotopic (exact) mass is 652 g/mol. The molecule has 0 aliphatic carbocycles. The molecule has 0 radical (unpaired) electrons. The van der Waals surface area contributed by atoms with Crippen molar-refractivity contribution >= 4 is 82.4 Å². The van der Waals surface area contributed by atoms with Gasteiger partial charge in [-0.2, -0.15) is 0 Å². The summed E-state index contributed by atoms with van der Waals surface area (Å²) in [7, 11) is 0. The number of benzene rings is 9. The third kappa shape index (κ3) is 5.15. The molecule has 9 aromatic carbocycles. The summed E-state index contributed by atoms with van der Waals surface area (Å²) in [5, 5.41) is 9.53. The third-order valence-corrected chi connectivity index (χ3v) is 9.95. The molecule has 0 N–H and O–H groups in total. The predicted molar refractivity (Wildman–Crippen MR) is 215 cm³/mol. The van der Waals surface area contributed by atoms with Crippen LogP contribution in [0.3, 0.4) is 0 Å². The first kappa shape index (κ1) is 29.1. The molecule has 10 rings (SSSR count). The lowest BCUT2D eigenvalue weighted by atomic mass is 10.0. The number of fused-ring (bicyclic) bond motifs is 7. The van der Waals surface area contributed by atoms with Gasteiger partial charge in [-0.3, -0.25) is 0 Å². The van der Waals surface area contributed by atoms with Crippen LogP contribution in [0.2, 0.25) is 0 Å². The molecule has 0 aliphatic rings. The Morgan fingerprint density at radius 3 is 1.67 bits per heavy atom. The summed E-state index contributed by atoms with van der Waals surface area (Å²) >= 11 is 0. The fraction of sp³-hybridized carbons (Fsp3) is 0. The van der Waals surface area contributed by atoms with Crippen molar-refractivity contribution in [2.75, 3.05) is 4.90 Å².